The standard InChI is InChI=1S/C5H5N3O5/c9-2(10)1-8-4(12)6-3(11)7-5(8)13/h1H2,(H,9,10)(H2,6,7,11,12,13). The average Bonchev–Trinajstić information content (AvgIpc) is 1.96. The summed E-state index contributed by atoms with van der Waals surface area (Å²) in [6, 6.07) is 0. The Labute approximate surface area is 69.5 Å². The van der Waals surface area contributed by atoms with E-state index in [1.807, 2.05) is 0 Å². The number of hydrogen-bond acceptors (Lipinski definition) is 4. The molecule has 0 aromatic carbocycles. The highest BCUT2D eigenvalue weighted by atomic mass is 16.4. The Morgan fingerprint density at radius 3 is 2.08 bits per heavy atom. The molecule has 0 amide bonds. The quantitative estimate of drug-likeness (QED) is 0.464. The van der Waals surface area contributed by atoms with E-state index in [0.717, 1.165) is 0 Å². The van der Waals surface area contributed by atoms with Crippen molar-refractivity contribution in [2.75, 3.05) is 0 Å². The summed E-state index contributed by atoms with van der Waals surface area (Å²) in [7, 11) is 0. The number of hydrogen-bond donors (Lipinski definition) is 3. The van der Waals surface area contributed by atoms with Gasteiger partial charge in [0.25, 0.3) is 0 Å². The third kappa shape index (κ3) is 1.92. The summed E-state index contributed by atoms with van der Waals surface area (Å²) in [5.74, 6) is -1.35. The lowest BCUT2D eigenvalue weighted by molar-refractivity contribution is -0.137. The first kappa shape index (κ1) is 8.97. The number of aromatic amines is 2. The van der Waals surface area contributed by atoms with Crippen molar-refractivity contribution in [3.05, 3.63) is 31.5 Å². The van der Waals surface area contributed by atoms with Crippen LogP contribution >= 0.6 is 0 Å². The Balaban J connectivity index is 3.38. The summed E-state index contributed by atoms with van der Waals surface area (Å²) < 4.78 is 0.365. The second-order valence-corrected chi connectivity index (χ2v) is 2.17. The molecule has 1 aromatic rings. The molecule has 0 radical (unpaired) electrons. The van der Waals surface area contributed by atoms with Gasteiger partial charge in [0.2, 0.25) is 0 Å². The van der Waals surface area contributed by atoms with Crippen molar-refractivity contribution in [3.63, 3.8) is 0 Å². The minimum Gasteiger partial charge on any atom is -0.480 e. The van der Waals surface area contributed by atoms with Crippen molar-refractivity contribution < 1.29 is 9.90 Å². The molecule has 0 spiro atoms. The molecule has 1 aromatic heterocycles. The van der Waals surface area contributed by atoms with Crippen LogP contribution in [0.15, 0.2) is 14.4 Å². The van der Waals surface area contributed by atoms with Crippen molar-refractivity contribution in [2.45, 2.75) is 6.54 Å². The van der Waals surface area contributed by atoms with Gasteiger partial charge < -0.3 is 5.11 Å². The van der Waals surface area contributed by atoms with E-state index in [9.17, 15) is 19.2 Å². The maximum absolute atomic E-state index is 10.8. The zero-order chi connectivity index (χ0) is 10.0. The van der Waals surface area contributed by atoms with Crippen LogP contribution in [0.3, 0.4) is 0 Å². The van der Waals surface area contributed by atoms with Crippen molar-refractivity contribution in [1.29, 1.82) is 0 Å². The van der Waals surface area contributed by atoms with E-state index in [1.54, 1.807) is 9.97 Å². The fourth-order valence-corrected chi connectivity index (χ4v) is 0.732. The van der Waals surface area contributed by atoms with Crippen molar-refractivity contribution in [2.24, 2.45) is 0 Å². The minimum atomic E-state index is -1.35. The molecule has 3 N–H and O–H groups in total. The lowest BCUT2D eigenvalue weighted by atomic mass is 10.6. The summed E-state index contributed by atoms with van der Waals surface area (Å²) in [6.45, 7) is -0.787. The molecule has 13 heavy (non-hydrogen) atoms. The summed E-state index contributed by atoms with van der Waals surface area (Å²) in [5.41, 5.74) is -3.05. The van der Waals surface area contributed by atoms with Gasteiger partial charge in [-0.15, -0.1) is 0 Å². The van der Waals surface area contributed by atoms with Crippen LogP contribution in [0.5, 0.6) is 0 Å². The number of carbonyl (C=O) groups is 1. The first-order chi connectivity index (χ1) is 6.00. The fourth-order valence-electron chi connectivity index (χ4n) is 0.732. The number of carboxylic acid groups (broad SMARTS) is 1. The number of aromatic nitrogens is 3. The van der Waals surface area contributed by atoms with Crippen LogP contribution in [-0.2, 0) is 11.3 Å². The number of carboxylic acids is 1. The van der Waals surface area contributed by atoms with Gasteiger partial charge >= 0.3 is 23.0 Å². The Morgan fingerprint density at radius 1 is 1.23 bits per heavy atom. The van der Waals surface area contributed by atoms with Gasteiger partial charge in [0.1, 0.15) is 6.54 Å². The molecule has 0 saturated heterocycles. The summed E-state index contributed by atoms with van der Waals surface area (Å²) in [5, 5.41) is 8.28. The van der Waals surface area contributed by atoms with Crippen LogP contribution in [0.1, 0.15) is 0 Å². The van der Waals surface area contributed by atoms with Crippen LogP contribution < -0.4 is 17.1 Å². The van der Waals surface area contributed by atoms with Crippen LogP contribution in [-0.4, -0.2) is 25.6 Å². The monoisotopic (exact) mass is 187 g/mol. The molecule has 1 heterocycles. The molecule has 70 valence electrons. The van der Waals surface area contributed by atoms with Crippen molar-refractivity contribution in [3.8, 4) is 0 Å². The molecule has 0 atom stereocenters. The second-order valence-electron chi connectivity index (χ2n) is 2.17. The molecular formula is C5H5N3O5. The third-order valence-electron chi connectivity index (χ3n) is 1.22. The fraction of sp³-hybridized carbons (Fsp3) is 0.200. The molecule has 0 saturated carbocycles. The number of nitrogens with zero attached hydrogens (tertiary/aromatic N) is 1. The maximum atomic E-state index is 10.8. The topological polar surface area (TPSA) is 125 Å². The molecule has 0 aliphatic heterocycles. The predicted molar refractivity (Wildman–Crippen MR) is 39.6 cm³/mol. The van der Waals surface area contributed by atoms with Gasteiger partial charge in [-0.1, -0.05) is 0 Å². The van der Waals surface area contributed by atoms with Crippen LogP contribution in [0.2, 0.25) is 0 Å². The first-order valence-corrected chi connectivity index (χ1v) is 3.16. The lowest BCUT2D eigenvalue weighted by Crippen LogP contribution is -2.44. The molecular weight excluding hydrogens is 182 g/mol. The zero-order valence-corrected chi connectivity index (χ0v) is 6.23. The Morgan fingerprint density at radius 2 is 1.69 bits per heavy atom. The van der Waals surface area contributed by atoms with E-state index in [2.05, 4.69) is 0 Å². The highest BCUT2D eigenvalue weighted by molar-refractivity contribution is 5.66. The van der Waals surface area contributed by atoms with Gasteiger partial charge in [-0.3, -0.25) is 14.8 Å². The van der Waals surface area contributed by atoms with E-state index < -0.39 is 29.6 Å². The highest BCUT2D eigenvalue weighted by Gasteiger charge is 2.05. The number of H-pyrrole nitrogens is 2. The largest absolute Gasteiger partial charge is 0.480 e. The van der Waals surface area contributed by atoms with Gasteiger partial charge in [0.05, 0.1) is 0 Å². The maximum Gasteiger partial charge on any atom is 0.334 e. The lowest BCUT2D eigenvalue weighted by Gasteiger charge is -1.96. The highest BCUT2D eigenvalue weighted by Crippen LogP contribution is 1.67. The second kappa shape index (κ2) is 3.09. The molecule has 8 nitrogen and oxygen atoms in total. The molecule has 1 rings (SSSR count). The Hall–Kier alpha value is -2.12. The zero-order valence-electron chi connectivity index (χ0n) is 6.23. The number of rotatable bonds is 2. The van der Waals surface area contributed by atoms with Crippen LogP contribution in [0, 0.1) is 0 Å². The van der Waals surface area contributed by atoms with Gasteiger partial charge in [-0.05, 0) is 0 Å². The first-order valence-electron chi connectivity index (χ1n) is 3.16. The van der Waals surface area contributed by atoms with E-state index in [1.165, 1.54) is 0 Å². The average molecular weight is 187 g/mol. The smallest absolute Gasteiger partial charge is 0.334 e. The van der Waals surface area contributed by atoms with E-state index >= 15 is 0 Å². The van der Waals surface area contributed by atoms with E-state index in [4.69, 9.17) is 5.11 Å². The van der Waals surface area contributed by atoms with Crippen molar-refractivity contribution in [1.82, 2.24) is 14.5 Å². The molecule has 0 aliphatic carbocycles. The van der Waals surface area contributed by atoms with Gasteiger partial charge in [-0.25, -0.2) is 19.0 Å². The van der Waals surface area contributed by atoms with Crippen LogP contribution in [0.4, 0.5) is 0 Å². The number of aliphatic carboxylic acids is 1. The van der Waals surface area contributed by atoms with Gasteiger partial charge in [0.15, 0.2) is 0 Å². The summed E-state index contributed by atoms with van der Waals surface area (Å²) in [6.07, 6.45) is 0. The molecule has 0 fully saturated rings. The third-order valence-corrected chi connectivity index (χ3v) is 1.22. The number of nitrogens with one attached hydrogen (secondary N) is 2. The molecule has 0 aliphatic rings. The normalized spacial score (nSPS) is 9.85. The molecule has 0 bridgehead atoms. The molecule has 0 unspecified atom stereocenters. The van der Waals surface area contributed by atoms with Crippen LogP contribution in [0.25, 0.3) is 0 Å². The minimum absolute atomic E-state index is 0.365. The van der Waals surface area contributed by atoms with Gasteiger partial charge in [0, 0.05) is 0 Å². The predicted octanol–water partition coefficient (Wildman–Crippen LogP) is -2.69. The van der Waals surface area contributed by atoms with E-state index in [0.29, 0.717) is 4.57 Å². The molecule has 8 heteroatoms. The van der Waals surface area contributed by atoms with E-state index in [-0.39, 0.29) is 0 Å². The van der Waals surface area contributed by atoms with Crippen molar-refractivity contribution >= 4 is 5.97 Å². The summed E-state index contributed by atoms with van der Waals surface area (Å²) in [4.78, 5) is 45.7. The SMILES string of the molecule is O=C(O)Cn1c(=O)[nH]c(=O)[nH]c1=O. The Kier molecular flexibility index (Phi) is 2.13. The Bertz CT molecular complexity index is 458. The van der Waals surface area contributed by atoms with Gasteiger partial charge in [-0.2, -0.15) is 0 Å². The summed E-state index contributed by atoms with van der Waals surface area (Å²) >= 11 is 0.